The number of nitrogens with two attached hydrogens (primary N) is 1. The van der Waals surface area contributed by atoms with Gasteiger partial charge in [0.1, 0.15) is 0 Å². The molecule has 2 unspecified atom stereocenters. The zero-order chi connectivity index (χ0) is 14.8. The van der Waals surface area contributed by atoms with E-state index >= 15 is 0 Å². The lowest BCUT2D eigenvalue weighted by Gasteiger charge is -2.29. The third-order valence-electron chi connectivity index (χ3n) is 4.09. The van der Waals surface area contributed by atoms with Crippen molar-refractivity contribution in [1.82, 2.24) is 9.78 Å². The van der Waals surface area contributed by atoms with Crippen LogP contribution in [0.25, 0.3) is 0 Å². The molecular formula is C15H28BrN3. The Bertz CT molecular complexity index is 418. The van der Waals surface area contributed by atoms with Crippen LogP contribution in [0.3, 0.4) is 0 Å². The Morgan fingerprint density at radius 1 is 1.37 bits per heavy atom. The molecule has 1 rings (SSSR count). The lowest BCUT2D eigenvalue weighted by Crippen LogP contribution is -2.30. The summed E-state index contributed by atoms with van der Waals surface area (Å²) in [7, 11) is 2.00. The van der Waals surface area contributed by atoms with Crippen molar-refractivity contribution in [2.24, 2.45) is 24.1 Å². The van der Waals surface area contributed by atoms with E-state index < -0.39 is 0 Å². The molecule has 2 atom stereocenters. The molecule has 4 heteroatoms. The molecule has 0 aliphatic carbocycles. The van der Waals surface area contributed by atoms with Crippen molar-refractivity contribution in [2.45, 2.75) is 59.9 Å². The Morgan fingerprint density at radius 2 is 1.95 bits per heavy atom. The first kappa shape index (κ1) is 16.7. The predicted molar refractivity (Wildman–Crippen MR) is 85.2 cm³/mol. The van der Waals surface area contributed by atoms with Gasteiger partial charge in [-0.3, -0.25) is 4.68 Å². The lowest BCUT2D eigenvalue weighted by molar-refractivity contribution is 0.232. The normalized spacial score (nSPS) is 15.6. The predicted octanol–water partition coefficient (Wildman–Crippen LogP) is 3.69. The van der Waals surface area contributed by atoms with Gasteiger partial charge in [-0.1, -0.05) is 34.6 Å². The molecule has 2 N–H and O–H groups in total. The van der Waals surface area contributed by atoms with Gasteiger partial charge >= 0.3 is 0 Å². The number of aryl methyl sites for hydroxylation is 2. The molecule has 0 fully saturated rings. The SMILES string of the molecule is CCc1nn(C)c(CC(N)CC(C)C(C)(C)C)c1Br. The van der Waals surface area contributed by atoms with Crippen LogP contribution in [0.1, 0.15) is 52.4 Å². The summed E-state index contributed by atoms with van der Waals surface area (Å²) in [4.78, 5) is 0. The quantitative estimate of drug-likeness (QED) is 0.895. The van der Waals surface area contributed by atoms with E-state index in [0.717, 1.165) is 29.4 Å². The molecule has 0 aromatic carbocycles. The van der Waals surface area contributed by atoms with Crippen molar-refractivity contribution < 1.29 is 0 Å². The van der Waals surface area contributed by atoms with Crippen molar-refractivity contribution in [1.29, 1.82) is 0 Å². The van der Waals surface area contributed by atoms with Gasteiger partial charge in [0.25, 0.3) is 0 Å². The second-order valence-electron chi connectivity index (χ2n) is 6.65. The summed E-state index contributed by atoms with van der Waals surface area (Å²) in [6.45, 7) is 11.2. The summed E-state index contributed by atoms with van der Waals surface area (Å²) in [5.41, 5.74) is 8.98. The average Bonchev–Trinajstić information content (AvgIpc) is 2.55. The summed E-state index contributed by atoms with van der Waals surface area (Å²) in [5, 5.41) is 4.52. The summed E-state index contributed by atoms with van der Waals surface area (Å²) in [6, 6.07) is 0.186. The highest BCUT2D eigenvalue weighted by Crippen LogP contribution is 2.30. The maximum Gasteiger partial charge on any atom is 0.0766 e. The molecule has 0 aliphatic heterocycles. The fourth-order valence-corrected chi connectivity index (χ4v) is 2.96. The zero-order valence-electron chi connectivity index (χ0n) is 13.1. The Balaban J connectivity index is 2.72. The Morgan fingerprint density at radius 3 is 2.37 bits per heavy atom. The van der Waals surface area contributed by atoms with Gasteiger partial charge in [0.2, 0.25) is 0 Å². The maximum atomic E-state index is 6.33. The third-order valence-corrected chi connectivity index (χ3v) is 5.01. The van der Waals surface area contributed by atoms with Crippen molar-refractivity contribution in [3.05, 3.63) is 15.9 Å². The smallest absolute Gasteiger partial charge is 0.0766 e. The topological polar surface area (TPSA) is 43.8 Å². The molecule has 0 bridgehead atoms. The molecule has 0 aliphatic rings. The molecule has 1 heterocycles. The minimum atomic E-state index is 0.186. The summed E-state index contributed by atoms with van der Waals surface area (Å²) in [6.07, 6.45) is 2.87. The van der Waals surface area contributed by atoms with E-state index in [1.165, 1.54) is 5.69 Å². The highest BCUT2D eigenvalue weighted by atomic mass is 79.9. The highest BCUT2D eigenvalue weighted by molar-refractivity contribution is 9.10. The molecule has 110 valence electrons. The molecular weight excluding hydrogens is 302 g/mol. The maximum absolute atomic E-state index is 6.33. The first-order valence-electron chi connectivity index (χ1n) is 7.12. The van der Waals surface area contributed by atoms with E-state index in [2.05, 4.69) is 55.6 Å². The van der Waals surface area contributed by atoms with Gasteiger partial charge in [-0.05, 0) is 40.1 Å². The lowest BCUT2D eigenvalue weighted by atomic mass is 9.78. The standard InChI is InChI=1S/C15H28BrN3/c1-7-12-14(16)13(19(6)18-12)9-11(17)8-10(2)15(3,4)5/h10-11H,7-9,17H2,1-6H3. The van der Waals surface area contributed by atoms with Gasteiger partial charge in [-0.25, -0.2) is 0 Å². The van der Waals surface area contributed by atoms with Gasteiger partial charge in [-0.2, -0.15) is 5.10 Å². The molecule has 3 nitrogen and oxygen atoms in total. The van der Waals surface area contributed by atoms with E-state index in [1.54, 1.807) is 0 Å². The van der Waals surface area contributed by atoms with Gasteiger partial charge in [0, 0.05) is 19.5 Å². The average molecular weight is 330 g/mol. The van der Waals surface area contributed by atoms with Crippen LogP contribution in [0.5, 0.6) is 0 Å². The van der Waals surface area contributed by atoms with Crippen LogP contribution in [-0.2, 0) is 19.9 Å². The molecule has 0 amide bonds. The molecule has 0 spiro atoms. The van der Waals surface area contributed by atoms with Crippen LogP contribution in [0.15, 0.2) is 4.47 Å². The number of hydrogen-bond acceptors (Lipinski definition) is 2. The van der Waals surface area contributed by atoms with Crippen molar-refractivity contribution in [3.8, 4) is 0 Å². The van der Waals surface area contributed by atoms with Gasteiger partial charge in [-0.15, -0.1) is 0 Å². The Kier molecular flexibility index (Phi) is 5.63. The number of hydrogen-bond donors (Lipinski definition) is 1. The number of nitrogens with zero attached hydrogens (tertiary/aromatic N) is 2. The number of aromatic nitrogens is 2. The second-order valence-corrected chi connectivity index (χ2v) is 7.44. The fraction of sp³-hybridized carbons (Fsp3) is 0.800. The van der Waals surface area contributed by atoms with Crippen LogP contribution in [0.2, 0.25) is 0 Å². The van der Waals surface area contributed by atoms with E-state index in [1.807, 2.05) is 11.7 Å². The van der Waals surface area contributed by atoms with Crippen molar-refractivity contribution >= 4 is 15.9 Å². The van der Waals surface area contributed by atoms with Crippen LogP contribution in [-0.4, -0.2) is 15.8 Å². The van der Waals surface area contributed by atoms with Crippen LogP contribution < -0.4 is 5.73 Å². The molecule has 0 saturated carbocycles. The van der Waals surface area contributed by atoms with Gasteiger partial charge in [0.15, 0.2) is 0 Å². The first-order valence-corrected chi connectivity index (χ1v) is 7.91. The van der Waals surface area contributed by atoms with Crippen LogP contribution in [0.4, 0.5) is 0 Å². The molecule has 1 aromatic heterocycles. The van der Waals surface area contributed by atoms with Crippen molar-refractivity contribution in [3.63, 3.8) is 0 Å². The summed E-state index contributed by atoms with van der Waals surface area (Å²) >= 11 is 3.66. The van der Waals surface area contributed by atoms with E-state index in [4.69, 9.17) is 5.73 Å². The van der Waals surface area contributed by atoms with Crippen LogP contribution in [0, 0.1) is 11.3 Å². The van der Waals surface area contributed by atoms with Gasteiger partial charge in [0.05, 0.1) is 15.9 Å². The summed E-state index contributed by atoms with van der Waals surface area (Å²) in [5.74, 6) is 0.611. The van der Waals surface area contributed by atoms with Crippen molar-refractivity contribution in [2.75, 3.05) is 0 Å². The van der Waals surface area contributed by atoms with Crippen LogP contribution >= 0.6 is 15.9 Å². The zero-order valence-corrected chi connectivity index (χ0v) is 14.7. The molecule has 1 aromatic rings. The molecule has 0 saturated heterocycles. The fourth-order valence-electron chi connectivity index (χ4n) is 2.18. The van der Waals surface area contributed by atoms with E-state index in [9.17, 15) is 0 Å². The number of rotatable bonds is 5. The minimum Gasteiger partial charge on any atom is -0.327 e. The molecule has 19 heavy (non-hydrogen) atoms. The van der Waals surface area contributed by atoms with E-state index in [0.29, 0.717) is 11.3 Å². The highest BCUT2D eigenvalue weighted by Gasteiger charge is 2.23. The Hall–Kier alpha value is -0.350. The number of halogens is 1. The van der Waals surface area contributed by atoms with E-state index in [-0.39, 0.29) is 6.04 Å². The summed E-state index contributed by atoms with van der Waals surface area (Å²) < 4.78 is 3.10. The Labute approximate surface area is 126 Å². The monoisotopic (exact) mass is 329 g/mol. The first-order chi connectivity index (χ1) is 8.66. The molecule has 0 radical (unpaired) electrons. The minimum absolute atomic E-state index is 0.186. The second kappa shape index (κ2) is 6.40. The van der Waals surface area contributed by atoms with Gasteiger partial charge < -0.3 is 5.73 Å². The largest absolute Gasteiger partial charge is 0.327 e. The third kappa shape index (κ3) is 4.32.